The highest BCUT2D eigenvalue weighted by molar-refractivity contribution is 5.90. The average molecular weight is 359 g/mol. The molecule has 1 fully saturated rings. The number of carbonyl (C=O) groups excluding carboxylic acids is 2. The Kier molecular flexibility index (Phi) is 5.11. The lowest BCUT2D eigenvalue weighted by atomic mass is 9.98. The first kappa shape index (κ1) is 18.2. The SMILES string of the molecule is Cc1noc(C)c1CCCNC(=O)[C@H]1CC(=O)N(C)[C@@H]1c1nccn1C. The number of nitrogens with one attached hydrogen (secondary N) is 1. The molecule has 1 aliphatic heterocycles. The van der Waals surface area contributed by atoms with Crippen LogP contribution in [-0.4, -0.2) is 45.0 Å². The molecule has 0 saturated carbocycles. The predicted octanol–water partition coefficient (Wildman–Crippen LogP) is 1.29. The van der Waals surface area contributed by atoms with Crippen molar-refractivity contribution in [3.05, 3.63) is 35.2 Å². The van der Waals surface area contributed by atoms with Gasteiger partial charge in [0.15, 0.2) is 0 Å². The summed E-state index contributed by atoms with van der Waals surface area (Å²) < 4.78 is 7.01. The third-order valence-corrected chi connectivity index (χ3v) is 5.13. The number of hydrogen-bond acceptors (Lipinski definition) is 5. The highest BCUT2D eigenvalue weighted by Gasteiger charge is 2.44. The van der Waals surface area contributed by atoms with Gasteiger partial charge in [-0.15, -0.1) is 0 Å². The first-order valence-electron chi connectivity index (χ1n) is 8.82. The van der Waals surface area contributed by atoms with Crippen LogP contribution in [0.1, 0.15) is 41.7 Å². The van der Waals surface area contributed by atoms with Crippen molar-refractivity contribution < 1.29 is 14.1 Å². The summed E-state index contributed by atoms with van der Waals surface area (Å²) in [6.45, 7) is 4.36. The molecule has 0 bridgehead atoms. The number of aromatic nitrogens is 3. The van der Waals surface area contributed by atoms with Gasteiger partial charge in [0.05, 0.1) is 11.6 Å². The van der Waals surface area contributed by atoms with Crippen molar-refractivity contribution in [1.29, 1.82) is 0 Å². The van der Waals surface area contributed by atoms with Gasteiger partial charge in [0.2, 0.25) is 11.8 Å². The van der Waals surface area contributed by atoms with Crippen LogP contribution in [0, 0.1) is 19.8 Å². The van der Waals surface area contributed by atoms with E-state index in [0.717, 1.165) is 35.7 Å². The molecule has 140 valence electrons. The maximum atomic E-state index is 12.7. The molecule has 2 aromatic heterocycles. The second-order valence-electron chi connectivity index (χ2n) is 6.85. The fraction of sp³-hybridized carbons (Fsp3) is 0.556. The van der Waals surface area contributed by atoms with E-state index in [9.17, 15) is 9.59 Å². The van der Waals surface area contributed by atoms with Gasteiger partial charge in [-0.2, -0.15) is 0 Å². The highest BCUT2D eigenvalue weighted by atomic mass is 16.5. The molecular weight excluding hydrogens is 334 g/mol. The molecular formula is C18H25N5O3. The van der Waals surface area contributed by atoms with E-state index in [1.165, 1.54) is 0 Å². The van der Waals surface area contributed by atoms with Crippen LogP contribution in [0.5, 0.6) is 0 Å². The van der Waals surface area contributed by atoms with Gasteiger partial charge >= 0.3 is 0 Å². The largest absolute Gasteiger partial charge is 0.361 e. The second-order valence-corrected chi connectivity index (χ2v) is 6.85. The zero-order chi connectivity index (χ0) is 18.8. The quantitative estimate of drug-likeness (QED) is 0.785. The maximum Gasteiger partial charge on any atom is 0.226 e. The van der Waals surface area contributed by atoms with Gasteiger partial charge in [0, 0.05) is 45.0 Å². The normalized spacial score (nSPS) is 20.0. The van der Waals surface area contributed by atoms with E-state index in [1.54, 1.807) is 18.1 Å². The molecule has 8 nitrogen and oxygen atoms in total. The molecule has 0 unspecified atom stereocenters. The van der Waals surface area contributed by atoms with E-state index in [1.807, 2.05) is 31.7 Å². The summed E-state index contributed by atoms with van der Waals surface area (Å²) in [7, 11) is 3.60. The van der Waals surface area contributed by atoms with Crippen molar-refractivity contribution in [3.63, 3.8) is 0 Å². The molecule has 3 heterocycles. The van der Waals surface area contributed by atoms with Crippen LogP contribution < -0.4 is 5.32 Å². The Morgan fingerprint density at radius 3 is 2.77 bits per heavy atom. The Labute approximate surface area is 152 Å². The van der Waals surface area contributed by atoms with Crippen LogP contribution >= 0.6 is 0 Å². The molecule has 1 aliphatic rings. The Hall–Kier alpha value is -2.64. The molecule has 0 aromatic carbocycles. The third-order valence-electron chi connectivity index (χ3n) is 5.13. The number of aryl methyl sites for hydroxylation is 3. The summed E-state index contributed by atoms with van der Waals surface area (Å²) in [5.41, 5.74) is 1.99. The topological polar surface area (TPSA) is 93.3 Å². The summed E-state index contributed by atoms with van der Waals surface area (Å²) in [5, 5.41) is 6.91. The Bertz CT molecular complexity index is 790. The average Bonchev–Trinajstić information content (AvgIpc) is 3.25. The van der Waals surface area contributed by atoms with Crippen LogP contribution in [0.4, 0.5) is 0 Å². The van der Waals surface area contributed by atoms with Gasteiger partial charge in [-0.3, -0.25) is 9.59 Å². The van der Waals surface area contributed by atoms with Crippen molar-refractivity contribution in [2.24, 2.45) is 13.0 Å². The van der Waals surface area contributed by atoms with Gasteiger partial charge in [-0.1, -0.05) is 5.16 Å². The molecule has 1 N–H and O–H groups in total. The fourth-order valence-corrected chi connectivity index (χ4v) is 3.59. The maximum absolute atomic E-state index is 12.7. The van der Waals surface area contributed by atoms with Crippen LogP contribution in [0.3, 0.4) is 0 Å². The zero-order valence-electron chi connectivity index (χ0n) is 15.7. The van der Waals surface area contributed by atoms with Gasteiger partial charge in [0.25, 0.3) is 0 Å². The monoisotopic (exact) mass is 359 g/mol. The van der Waals surface area contributed by atoms with Gasteiger partial charge in [-0.05, 0) is 26.7 Å². The minimum absolute atomic E-state index is 0.0335. The number of rotatable bonds is 6. The van der Waals surface area contributed by atoms with Crippen LogP contribution in [0.15, 0.2) is 16.9 Å². The van der Waals surface area contributed by atoms with Crippen LogP contribution in [0.25, 0.3) is 0 Å². The lowest BCUT2D eigenvalue weighted by molar-refractivity contribution is -0.128. The van der Waals surface area contributed by atoms with Crippen LogP contribution in [0.2, 0.25) is 0 Å². The van der Waals surface area contributed by atoms with Crippen molar-refractivity contribution in [1.82, 2.24) is 24.9 Å². The van der Waals surface area contributed by atoms with Crippen molar-refractivity contribution in [2.45, 2.75) is 39.2 Å². The first-order valence-corrected chi connectivity index (χ1v) is 8.82. The van der Waals surface area contributed by atoms with E-state index in [4.69, 9.17) is 4.52 Å². The van der Waals surface area contributed by atoms with Crippen LogP contribution in [-0.2, 0) is 23.1 Å². The van der Waals surface area contributed by atoms with E-state index in [2.05, 4.69) is 15.5 Å². The summed E-state index contributed by atoms with van der Waals surface area (Å²) in [4.78, 5) is 30.8. The molecule has 3 rings (SSSR count). The van der Waals surface area contributed by atoms with E-state index >= 15 is 0 Å². The number of amides is 2. The molecule has 0 radical (unpaired) electrons. The molecule has 0 spiro atoms. The van der Waals surface area contributed by atoms with E-state index in [-0.39, 0.29) is 24.3 Å². The van der Waals surface area contributed by atoms with E-state index in [0.29, 0.717) is 6.54 Å². The van der Waals surface area contributed by atoms with Gasteiger partial charge in [0.1, 0.15) is 17.6 Å². The molecule has 0 aliphatic carbocycles. The number of likely N-dealkylation sites (tertiary alicyclic amines) is 1. The number of carbonyl (C=O) groups is 2. The van der Waals surface area contributed by atoms with Crippen molar-refractivity contribution in [3.8, 4) is 0 Å². The van der Waals surface area contributed by atoms with Gasteiger partial charge in [-0.25, -0.2) is 4.98 Å². The standard InChI is InChI=1S/C18H25N5O3/c1-11-13(12(2)26-21-11)6-5-7-20-18(25)14-10-15(24)23(4)16(14)17-19-8-9-22(17)3/h8-9,14,16H,5-7,10H2,1-4H3,(H,20,25)/t14-,16-/m0/s1. The lowest BCUT2D eigenvalue weighted by Gasteiger charge is -2.24. The smallest absolute Gasteiger partial charge is 0.226 e. The Balaban J connectivity index is 1.59. The molecule has 8 heteroatoms. The third kappa shape index (κ3) is 3.36. The molecule has 2 atom stereocenters. The number of hydrogen-bond donors (Lipinski definition) is 1. The lowest BCUT2D eigenvalue weighted by Crippen LogP contribution is -2.36. The predicted molar refractivity (Wildman–Crippen MR) is 94.1 cm³/mol. The summed E-state index contributed by atoms with van der Waals surface area (Å²) >= 11 is 0. The van der Waals surface area contributed by atoms with Crippen molar-refractivity contribution >= 4 is 11.8 Å². The highest BCUT2D eigenvalue weighted by Crippen LogP contribution is 2.36. The Morgan fingerprint density at radius 2 is 2.15 bits per heavy atom. The van der Waals surface area contributed by atoms with Crippen molar-refractivity contribution in [2.75, 3.05) is 13.6 Å². The molecule has 2 aromatic rings. The Morgan fingerprint density at radius 1 is 1.38 bits per heavy atom. The number of imidazole rings is 1. The number of nitrogens with zero attached hydrogens (tertiary/aromatic N) is 4. The molecule has 2 amide bonds. The summed E-state index contributed by atoms with van der Waals surface area (Å²) in [6, 6.07) is -0.329. The fourth-order valence-electron chi connectivity index (χ4n) is 3.59. The summed E-state index contributed by atoms with van der Waals surface area (Å²) in [5.74, 6) is 0.997. The minimum Gasteiger partial charge on any atom is -0.361 e. The second kappa shape index (κ2) is 7.31. The molecule has 26 heavy (non-hydrogen) atoms. The summed E-state index contributed by atoms with van der Waals surface area (Å²) in [6.07, 6.45) is 5.31. The minimum atomic E-state index is -0.423. The first-order chi connectivity index (χ1) is 12.4. The van der Waals surface area contributed by atoms with Gasteiger partial charge < -0.3 is 19.3 Å². The molecule has 1 saturated heterocycles. The zero-order valence-corrected chi connectivity index (χ0v) is 15.7. The van der Waals surface area contributed by atoms with E-state index < -0.39 is 5.92 Å².